The molecule has 0 radical (unpaired) electrons. The summed E-state index contributed by atoms with van der Waals surface area (Å²) in [6, 6.07) is 5.71. The molecule has 1 rings (SSSR count). The molecule has 0 bridgehead atoms. The van der Waals surface area contributed by atoms with Crippen LogP contribution in [-0.2, 0) is 0 Å². The van der Waals surface area contributed by atoms with Crippen LogP contribution in [0, 0.1) is 0 Å². The van der Waals surface area contributed by atoms with Crippen molar-refractivity contribution in [3.63, 3.8) is 0 Å². The third-order valence-electron chi connectivity index (χ3n) is 1.66. The number of aliphatic imine (C=N–C) groups is 1. The van der Waals surface area contributed by atoms with E-state index in [9.17, 15) is 0 Å². The van der Waals surface area contributed by atoms with Crippen LogP contribution in [-0.4, -0.2) is 11.9 Å². The van der Waals surface area contributed by atoms with Gasteiger partial charge in [0.15, 0.2) is 0 Å². The molecule has 0 fully saturated rings. The van der Waals surface area contributed by atoms with Gasteiger partial charge >= 0.3 is 0 Å². The fourth-order valence-corrected chi connectivity index (χ4v) is 2.00. The Morgan fingerprint density at radius 3 is 2.60 bits per heavy atom. The number of nitrogens with one attached hydrogen (secondary N) is 1. The standard InChI is InChI=1S/C10H13BrClN3/c1-6(2)14-10(15-13)7-3-8(11)5-9(12)4-7/h3-6H,13H2,1-2H3,(H,14,15). The van der Waals surface area contributed by atoms with Gasteiger partial charge in [-0.25, -0.2) is 5.84 Å². The zero-order valence-corrected chi connectivity index (χ0v) is 10.9. The lowest BCUT2D eigenvalue weighted by Crippen LogP contribution is -2.32. The summed E-state index contributed by atoms with van der Waals surface area (Å²) in [6.07, 6.45) is 0. The molecule has 0 saturated heterocycles. The van der Waals surface area contributed by atoms with E-state index in [1.54, 1.807) is 0 Å². The van der Waals surface area contributed by atoms with Crippen molar-refractivity contribution in [1.82, 2.24) is 5.43 Å². The number of hydrogen-bond donors (Lipinski definition) is 2. The van der Waals surface area contributed by atoms with Crippen molar-refractivity contribution in [3.8, 4) is 0 Å². The summed E-state index contributed by atoms with van der Waals surface area (Å²) >= 11 is 9.30. The monoisotopic (exact) mass is 289 g/mol. The van der Waals surface area contributed by atoms with Gasteiger partial charge in [0.05, 0.1) is 0 Å². The summed E-state index contributed by atoms with van der Waals surface area (Å²) in [5, 5.41) is 0.645. The van der Waals surface area contributed by atoms with E-state index in [-0.39, 0.29) is 6.04 Å². The number of benzene rings is 1. The first-order valence-corrected chi connectivity index (χ1v) is 5.71. The van der Waals surface area contributed by atoms with Crippen LogP contribution in [0.5, 0.6) is 0 Å². The molecule has 5 heteroatoms. The lowest BCUT2D eigenvalue weighted by atomic mass is 10.2. The minimum Gasteiger partial charge on any atom is -0.308 e. The van der Waals surface area contributed by atoms with Crippen molar-refractivity contribution in [1.29, 1.82) is 0 Å². The second kappa shape index (κ2) is 5.49. The summed E-state index contributed by atoms with van der Waals surface area (Å²) in [6.45, 7) is 3.97. The zero-order chi connectivity index (χ0) is 11.4. The predicted molar refractivity (Wildman–Crippen MR) is 68.1 cm³/mol. The van der Waals surface area contributed by atoms with Crippen LogP contribution in [0.2, 0.25) is 5.02 Å². The zero-order valence-electron chi connectivity index (χ0n) is 8.59. The highest BCUT2D eigenvalue weighted by Gasteiger charge is 2.05. The van der Waals surface area contributed by atoms with Crippen molar-refractivity contribution >= 4 is 33.4 Å². The Balaban J connectivity index is 3.12. The summed E-state index contributed by atoms with van der Waals surface area (Å²) in [5.41, 5.74) is 3.44. The molecule has 1 aromatic rings. The Hall–Kier alpha value is -0.580. The first-order chi connectivity index (χ1) is 7.02. The van der Waals surface area contributed by atoms with Crippen LogP contribution in [0.4, 0.5) is 0 Å². The molecule has 0 aliphatic heterocycles. The third-order valence-corrected chi connectivity index (χ3v) is 2.34. The predicted octanol–water partition coefficient (Wildman–Crippen LogP) is 2.72. The average molecular weight is 291 g/mol. The van der Waals surface area contributed by atoms with Crippen LogP contribution in [0.3, 0.4) is 0 Å². The summed E-state index contributed by atoms with van der Waals surface area (Å²) in [7, 11) is 0. The van der Waals surface area contributed by atoms with Gasteiger partial charge in [0.2, 0.25) is 0 Å². The molecular weight excluding hydrogens is 277 g/mol. The maximum absolute atomic E-state index is 5.93. The highest BCUT2D eigenvalue weighted by atomic mass is 79.9. The van der Waals surface area contributed by atoms with E-state index < -0.39 is 0 Å². The minimum atomic E-state index is 0.175. The van der Waals surface area contributed by atoms with Crippen LogP contribution in [0.25, 0.3) is 0 Å². The van der Waals surface area contributed by atoms with Gasteiger partial charge in [-0.1, -0.05) is 27.5 Å². The lowest BCUT2D eigenvalue weighted by molar-refractivity contribution is 0.820. The molecule has 3 nitrogen and oxygen atoms in total. The molecule has 0 aliphatic rings. The van der Waals surface area contributed by atoms with Crippen LogP contribution >= 0.6 is 27.5 Å². The van der Waals surface area contributed by atoms with Gasteiger partial charge in [0.25, 0.3) is 0 Å². The highest BCUT2D eigenvalue weighted by Crippen LogP contribution is 2.19. The molecule has 1 aromatic carbocycles. The van der Waals surface area contributed by atoms with E-state index in [1.165, 1.54) is 0 Å². The maximum atomic E-state index is 5.93. The number of hydrogen-bond acceptors (Lipinski definition) is 2. The molecule has 3 N–H and O–H groups in total. The van der Waals surface area contributed by atoms with E-state index in [2.05, 4.69) is 26.3 Å². The molecule has 0 aromatic heterocycles. The maximum Gasteiger partial charge on any atom is 0.142 e. The fraction of sp³-hybridized carbons (Fsp3) is 0.300. The molecular formula is C10H13BrClN3. The van der Waals surface area contributed by atoms with E-state index >= 15 is 0 Å². The van der Waals surface area contributed by atoms with Gasteiger partial charge in [-0.2, -0.15) is 0 Å². The quantitative estimate of drug-likeness (QED) is 0.381. The molecule has 0 spiro atoms. The largest absolute Gasteiger partial charge is 0.308 e. The summed E-state index contributed by atoms with van der Waals surface area (Å²) in [5.74, 6) is 6.05. The third kappa shape index (κ3) is 3.81. The molecule has 82 valence electrons. The van der Waals surface area contributed by atoms with Gasteiger partial charge in [0, 0.05) is 21.1 Å². The molecule has 0 aliphatic carbocycles. The lowest BCUT2D eigenvalue weighted by Gasteiger charge is -2.08. The van der Waals surface area contributed by atoms with Crippen molar-refractivity contribution < 1.29 is 0 Å². The van der Waals surface area contributed by atoms with Crippen molar-refractivity contribution in [2.45, 2.75) is 19.9 Å². The van der Waals surface area contributed by atoms with Gasteiger partial charge in [-0.3, -0.25) is 4.99 Å². The number of hydrazine groups is 1. The SMILES string of the molecule is CC(C)N=C(NN)c1cc(Cl)cc(Br)c1. The number of nitrogens with two attached hydrogens (primary N) is 1. The highest BCUT2D eigenvalue weighted by molar-refractivity contribution is 9.10. The van der Waals surface area contributed by atoms with E-state index in [0.29, 0.717) is 10.9 Å². The van der Waals surface area contributed by atoms with Crippen molar-refractivity contribution in [2.24, 2.45) is 10.8 Å². The molecule has 0 heterocycles. The molecule has 0 atom stereocenters. The van der Waals surface area contributed by atoms with E-state index in [4.69, 9.17) is 17.4 Å². The second-order valence-corrected chi connectivity index (χ2v) is 4.73. The normalized spacial score (nSPS) is 12.0. The van der Waals surface area contributed by atoms with Crippen molar-refractivity contribution in [3.05, 3.63) is 33.3 Å². The van der Waals surface area contributed by atoms with Crippen LogP contribution < -0.4 is 11.3 Å². The Labute approximate surface area is 103 Å². The van der Waals surface area contributed by atoms with Gasteiger partial charge in [-0.05, 0) is 32.0 Å². The molecule has 15 heavy (non-hydrogen) atoms. The Bertz CT molecular complexity index is 357. The smallest absolute Gasteiger partial charge is 0.142 e. The Morgan fingerprint density at radius 2 is 2.13 bits per heavy atom. The van der Waals surface area contributed by atoms with Gasteiger partial charge in [0.1, 0.15) is 5.84 Å². The summed E-state index contributed by atoms with van der Waals surface area (Å²) < 4.78 is 0.900. The Morgan fingerprint density at radius 1 is 1.47 bits per heavy atom. The van der Waals surface area contributed by atoms with E-state index in [0.717, 1.165) is 10.0 Å². The number of rotatable bonds is 2. The first-order valence-electron chi connectivity index (χ1n) is 4.54. The average Bonchev–Trinajstić information content (AvgIpc) is 2.12. The van der Waals surface area contributed by atoms with Gasteiger partial charge in [-0.15, -0.1) is 0 Å². The van der Waals surface area contributed by atoms with Crippen LogP contribution in [0.1, 0.15) is 19.4 Å². The molecule has 0 unspecified atom stereocenters. The van der Waals surface area contributed by atoms with Gasteiger partial charge < -0.3 is 5.43 Å². The van der Waals surface area contributed by atoms with E-state index in [1.807, 2.05) is 32.0 Å². The minimum absolute atomic E-state index is 0.175. The molecule has 0 saturated carbocycles. The topological polar surface area (TPSA) is 50.4 Å². The fourth-order valence-electron chi connectivity index (χ4n) is 1.14. The van der Waals surface area contributed by atoms with Crippen LogP contribution in [0.15, 0.2) is 27.7 Å². The number of nitrogens with zero attached hydrogens (tertiary/aromatic N) is 1. The Kier molecular flexibility index (Phi) is 4.57. The number of amidine groups is 1. The number of halogens is 2. The summed E-state index contributed by atoms with van der Waals surface area (Å²) in [4.78, 5) is 4.35. The molecule has 0 amide bonds. The first kappa shape index (κ1) is 12.5. The second-order valence-electron chi connectivity index (χ2n) is 3.37. The van der Waals surface area contributed by atoms with Crippen molar-refractivity contribution in [2.75, 3.05) is 0 Å².